The van der Waals surface area contributed by atoms with Gasteiger partial charge >= 0.3 is 0 Å². The Morgan fingerprint density at radius 2 is 1.82 bits per heavy atom. The largest absolute Gasteiger partial charge is 0.344 e. The van der Waals surface area contributed by atoms with Crippen LogP contribution >= 0.6 is 0 Å². The van der Waals surface area contributed by atoms with Gasteiger partial charge in [0.2, 0.25) is 11.8 Å². The molecular formula is C17H27N3O2. The Morgan fingerprint density at radius 1 is 1.18 bits per heavy atom. The third-order valence-corrected chi connectivity index (χ3v) is 3.26. The smallest absolute Gasteiger partial charge is 0.246 e. The van der Waals surface area contributed by atoms with Crippen LogP contribution in [0.3, 0.4) is 0 Å². The lowest BCUT2D eigenvalue weighted by Gasteiger charge is -2.22. The quantitative estimate of drug-likeness (QED) is 0.755. The van der Waals surface area contributed by atoms with Gasteiger partial charge < -0.3 is 16.0 Å². The number of hydrogen-bond acceptors (Lipinski definition) is 3. The molecule has 5 nitrogen and oxygen atoms in total. The van der Waals surface area contributed by atoms with Crippen molar-refractivity contribution in [3.63, 3.8) is 0 Å². The maximum Gasteiger partial charge on any atom is 0.246 e. The second-order valence-corrected chi connectivity index (χ2v) is 6.37. The van der Waals surface area contributed by atoms with Crippen molar-refractivity contribution in [2.45, 2.75) is 47.2 Å². The highest BCUT2D eigenvalue weighted by Crippen LogP contribution is 2.16. The molecule has 0 radical (unpaired) electrons. The predicted octanol–water partition coefficient (Wildman–Crippen LogP) is 2.29. The molecule has 0 spiro atoms. The molecule has 0 aliphatic carbocycles. The lowest BCUT2D eigenvalue weighted by Crippen LogP contribution is -2.46. The van der Waals surface area contributed by atoms with E-state index in [0.29, 0.717) is 6.54 Å². The summed E-state index contributed by atoms with van der Waals surface area (Å²) >= 11 is 0. The topological polar surface area (TPSA) is 70.2 Å². The monoisotopic (exact) mass is 305 g/mol. The minimum absolute atomic E-state index is 0.143. The molecule has 122 valence electrons. The van der Waals surface area contributed by atoms with Crippen LogP contribution in [0, 0.1) is 5.41 Å². The summed E-state index contributed by atoms with van der Waals surface area (Å²) in [7, 11) is 0. The van der Waals surface area contributed by atoms with Gasteiger partial charge in [0, 0.05) is 17.6 Å². The Hall–Kier alpha value is -1.88. The Labute approximate surface area is 132 Å². The van der Waals surface area contributed by atoms with Gasteiger partial charge in [-0.25, -0.2) is 0 Å². The Bertz CT molecular complexity index is 521. The molecule has 1 aromatic carbocycles. The highest BCUT2D eigenvalue weighted by molar-refractivity contribution is 5.98. The van der Waals surface area contributed by atoms with Gasteiger partial charge in [0.1, 0.15) is 6.04 Å². The molecule has 1 unspecified atom stereocenters. The van der Waals surface area contributed by atoms with Gasteiger partial charge in [0.25, 0.3) is 0 Å². The number of hydrogen-bond donors (Lipinski definition) is 3. The van der Waals surface area contributed by atoms with E-state index in [2.05, 4.69) is 16.0 Å². The molecule has 0 aromatic heterocycles. The van der Waals surface area contributed by atoms with Crippen molar-refractivity contribution in [2.75, 3.05) is 11.9 Å². The van der Waals surface area contributed by atoms with Crippen LogP contribution in [0.25, 0.3) is 0 Å². The summed E-state index contributed by atoms with van der Waals surface area (Å²) in [6.07, 6.45) is 0. The van der Waals surface area contributed by atoms with E-state index in [4.69, 9.17) is 0 Å². The van der Waals surface area contributed by atoms with Gasteiger partial charge in [-0.3, -0.25) is 9.59 Å². The van der Waals surface area contributed by atoms with E-state index in [0.717, 1.165) is 17.8 Å². The molecule has 22 heavy (non-hydrogen) atoms. The third kappa shape index (κ3) is 5.48. The zero-order chi connectivity index (χ0) is 16.8. The van der Waals surface area contributed by atoms with E-state index in [1.807, 2.05) is 52.0 Å². The molecule has 0 heterocycles. The van der Waals surface area contributed by atoms with Crippen LogP contribution in [0.5, 0.6) is 0 Å². The second-order valence-electron chi connectivity index (χ2n) is 6.37. The summed E-state index contributed by atoms with van der Waals surface area (Å²) in [6, 6.07) is 7.06. The second kappa shape index (κ2) is 7.94. The molecule has 0 aliphatic rings. The molecule has 1 aromatic rings. The van der Waals surface area contributed by atoms with Crippen LogP contribution in [0.2, 0.25) is 0 Å². The molecule has 3 N–H and O–H groups in total. The number of amides is 2. The van der Waals surface area contributed by atoms with E-state index in [9.17, 15) is 9.59 Å². The summed E-state index contributed by atoms with van der Waals surface area (Å²) in [6.45, 7) is 10.7. The van der Waals surface area contributed by atoms with Crippen LogP contribution in [0.15, 0.2) is 24.3 Å². The predicted molar refractivity (Wildman–Crippen MR) is 89.5 cm³/mol. The van der Waals surface area contributed by atoms with E-state index < -0.39 is 11.5 Å². The Morgan fingerprint density at radius 3 is 2.41 bits per heavy atom. The van der Waals surface area contributed by atoms with Gasteiger partial charge in [-0.2, -0.15) is 0 Å². The van der Waals surface area contributed by atoms with Gasteiger partial charge in [-0.15, -0.1) is 0 Å². The van der Waals surface area contributed by atoms with Gasteiger partial charge in [-0.05, 0) is 25.1 Å². The molecule has 1 atom stereocenters. The number of rotatable bonds is 6. The summed E-state index contributed by atoms with van der Waals surface area (Å²) in [5.74, 6) is -0.363. The van der Waals surface area contributed by atoms with Gasteiger partial charge in [0.15, 0.2) is 0 Å². The number of carbonyl (C=O) groups is 2. The van der Waals surface area contributed by atoms with Crippen LogP contribution in [-0.4, -0.2) is 24.4 Å². The van der Waals surface area contributed by atoms with E-state index in [1.165, 1.54) is 0 Å². The van der Waals surface area contributed by atoms with Crippen molar-refractivity contribution in [3.8, 4) is 0 Å². The third-order valence-electron chi connectivity index (χ3n) is 3.26. The van der Waals surface area contributed by atoms with Crippen molar-refractivity contribution < 1.29 is 9.59 Å². The Kier molecular flexibility index (Phi) is 6.56. The molecule has 0 fully saturated rings. The highest BCUT2D eigenvalue weighted by atomic mass is 16.2. The summed E-state index contributed by atoms with van der Waals surface area (Å²) in [5, 5.41) is 8.86. The molecule has 0 saturated carbocycles. The highest BCUT2D eigenvalue weighted by Gasteiger charge is 2.25. The lowest BCUT2D eigenvalue weighted by atomic mass is 9.95. The fourth-order valence-corrected chi connectivity index (χ4v) is 1.78. The van der Waals surface area contributed by atoms with Crippen molar-refractivity contribution in [1.29, 1.82) is 0 Å². The van der Waals surface area contributed by atoms with Crippen LogP contribution in [0.4, 0.5) is 5.69 Å². The number of nitrogens with one attached hydrogen (secondary N) is 3. The lowest BCUT2D eigenvalue weighted by molar-refractivity contribution is -0.131. The number of carbonyl (C=O) groups excluding carboxylic acids is 2. The number of benzene rings is 1. The molecule has 5 heteroatoms. The molecule has 0 bridgehead atoms. The first-order valence-corrected chi connectivity index (χ1v) is 7.66. The maximum absolute atomic E-state index is 12.3. The molecule has 0 aliphatic heterocycles. The fourth-order valence-electron chi connectivity index (χ4n) is 1.78. The summed E-state index contributed by atoms with van der Waals surface area (Å²) in [5.41, 5.74) is 1.27. The molecule has 0 saturated heterocycles. The van der Waals surface area contributed by atoms with E-state index in [-0.39, 0.29) is 11.8 Å². The minimum atomic E-state index is -0.584. The molecule has 2 amide bonds. The number of para-hydroxylation sites is 1. The van der Waals surface area contributed by atoms with E-state index in [1.54, 1.807) is 6.92 Å². The van der Waals surface area contributed by atoms with E-state index >= 15 is 0 Å². The zero-order valence-corrected chi connectivity index (χ0v) is 14.1. The standard InChI is InChI=1S/C17H27N3O2/c1-6-18-11-13-9-7-8-10-14(13)20-15(21)12(2)19-16(22)17(3,4)5/h7-10,12,18H,6,11H2,1-5H3,(H,19,22)(H,20,21). The van der Waals surface area contributed by atoms with Crippen molar-refractivity contribution in [2.24, 2.45) is 5.41 Å². The molecular weight excluding hydrogens is 278 g/mol. The summed E-state index contributed by atoms with van der Waals surface area (Å²) < 4.78 is 0. The Balaban J connectivity index is 2.70. The maximum atomic E-state index is 12.3. The average Bonchev–Trinajstić information content (AvgIpc) is 2.45. The first-order valence-electron chi connectivity index (χ1n) is 7.66. The zero-order valence-electron chi connectivity index (χ0n) is 14.1. The van der Waals surface area contributed by atoms with Crippen LogP contribution in [-0.2, 0) is 16.1 Å². The van der Waals surface area contributed by atoms with Gasteiger partial charge in [0.05, 0.1) is 0 Å². The molecule has 1 rings (SSSR count). The first-order chi connectivity index (χ1) is 10.3. The van der Waals surface area contributed by atoms with Gasteiger partial charge in [-0.1, -0.05) is 45.9 Å². The normalized spacial score (nSPS) is 12.6. The van der Waals surface area contributed by atoms with Crippen molar-refractivity contribution >= 4 is 17.5 Å². The number of anilines is 1. The average molecular weight is 305 g/mol. The minimum Gasteiger partial charge on any atom is -0.344 e. The van der Waals surface area contributed by atoms with Crippen molar-refractivity contribution in [3.05, 3.63) is 29.8 Å². The first kappa shape index (κ1) is 18.2. The van der Waals surface area contributed by atoms with Crippen LogP contribution in [0.1, 0.15) is 40.2 Å². The van der Waals surface area contributed by atoms with Crippen molar-refractivity contribution in [1.82, 2.24) is 10.6 Å². The van der Waals surface area contributed by atoms with Crippen LogP contribution < -0.4 is 16.0 Å². The SMILES string of the molecule is CCNCc1ccccc1NC(=O)C(C)NC(=O)C(C)(C)C. The fraction of sp³-hybridized carbons (Fsp3) is 0.529. The summed E-state index contributed by atoms with van der Waals surface area (Å²) in [4.78, 5) is 24.2.